The molecule has 5 heterocycles. The lowest BCUT2D eigenvalue weighted by Gasteiger charge is -2.35. The minimum Gasteiger partial charge on any atom is -0.508 e. The average Bonchev–Trinajstić information content (AvgIpc) is 3.46. The first kappa shape index (κ1) is 26.2. The molecule has 3 aliphatic rings. The van der Waals surface area contributed by atoms with Crippen molar-refractivity contribution in [3.63, 3.8) is 0 Å². The van der Waals surface area contributed by atoms with E-state index >= 15 is 4.39 Å². The van der Waals surface area contributed by atoms with Gasteiger partial charge in [0.15, 0.2) is 5.82 Å². The number of aromatic nitrogens is 3. The topological polar surface area (TPSA) is 121 Å². The molecule has 11 heteroatoms. The highest BCUT2D eigenvalue weighted by atomic mass is 19.1. The van der Waals surface area contributed by atoms with E-state index in [0.29, 0.717) is 42.7 Å². The van der Waals surface area contributed by atoms with Gasteiger partial charge in [0.05, 0.1) is 17.0 Å². The number of alkyl halides is 1. The Kier molecular flexibility index (Phi) is 6.40. The molecule has 3 fully saturated rings. The Morgan fingerprint density at radius 3 is 2.83 bits per heavy atom. The maximum Gasteiger partial charge on any atom is 0.319 e. The molecule has 3 saturated heterocycles. The molecule has 2 aromatic carbocycles. The van der Waals surface area contributed by atoms with Crippen LogP contribution in [0, 0.1) is 5.82 Å². The summed E-state index contributed by atoms with van der Waals surface area (Å²) in [6.45, 7) is 2.07. The number of pyridine rings is 1. The number of anilines is 1. The molecular formula is C30H32F2N6O3. The molecule has 0 saturated carbocycles. The van der Waals surface area contributed by atoms with Crippen molar-refractivity contribution in [2.45, 2.75) is 49.5 Å². The maximum atomic E-state index is 16.5. The molecule has 214 valence electrons. The third kappa shape index (κ3) is 4.61. The molecule has 41 heavy (non-hydrogen) atoms. The summed E-state index contributed by atoms with van der Waals surface area (Å²) in [5, 5.41) is 22.7. The number of ether oxygens (including phenoxy) is 1. The monoisotopic (exact) mass is 562 g/mol. The van der Waals surface area contributed by atoms with Crippen LogP contribution < -0.4 is 15.4 Å². The SMILES string of the molecule is N[C@H]1C[C@H](O)CN(c2nc(OC[C@@]34CCCN3C[C@H](F)C4)nc3c(F)c(-c4cc(O)cc5ccccc45)ncc23)C1. The number of phenolic OH excluding ortho intramolecular Hbond substituents is 1. The van der Waals surface area contributed by atoms with Crippen LogP contribution in [0.15, 0.2) is 42.6 Å². The Balaban J connectivity index is 1.35. The predicted octanol–water partition coefficient (Wildman–Crippen LogP) is 3.54. The Morgan fingerprint density at radius 2 is 1.98 bits per heavy atom. The van der Waals surface area contributed by atoms with Gasteiger partial charge >= 0.3 is 6.01 Å². The number of nitrogens with two attached hydrogens (primary N) is 1. The number of halogens is 2. The zero-order valence-electron chi connectivity index (χ0n) is 22.5. The molecule has 0 amide bonds. The second kappa shape index (κ2) is 10.0. The van der Waals surface area contributed by atoms with Gasteiger partial charge in [-0.3, -0.25) is 9.88 Å². The van der Waals surface area contributed by atoms with Gasteiger partial charge in [-0.25, -0.2) is 8.78 Å². The van der Waals surface area contributed by atoms with E-state index in [1.54, 1.807) is 6.07 Å². The van der Waals surface area contributed by atoms with Gasteiger partial charge in [0.1, 0.15) is 35.6 Å². The number of hydrogen-bond acceptors (Lipinski definition) is 9. The van der Waals surface area contributed by atoms with Gasteiger partial charge in [0.2, 0.25) is 0 Å². The number of aliphatic hydroxyl groups is 1. The molecule has 0 aliphatic carbocycles. The quantitative estimate of drug-likeness (QED) is 0.335. The molecular weight excluding hydrogens is 530 g/mol. The number of hydrogen-bond donors (Lipinski definition) is 3. The van der Waals surface area contributed by atoms with Gasteiger partial charge in [-0.15, -0.1) is 0 Å². The normalized spacial score (nSPS) is 26.6. The Bertz CT molecular complexity index is 1630. The van der Waals surface area contributed by atoms with Crippen LogP contribution in [0.2, 0.25) is 0 Å². The predicted molar refractivity (Wildman–Crippen MR) is 151 cm³/mol. The number of phenols is 1. The van der Waals surface area contributed by atoms with Crippen molar-refractivity contribution >= 4 is 27.5 Å². The van der Waals surface area contributed by atoms with Gasteiger partial charge in [-0.1, -0.05) is 24.3 Å². The van der Waals surface area contributed by atoms with Gasteiger partial charge in [-0.05, 0) is 48.7 Å². The van der Waals surface area contributed by atoms with Gasteiger partial charge in [0.25, 0.3) is 0 Å². The van der Waals surface area contributed by atoms with Crippen molar-refractivity contribution in [2.24, 2.45) is 5.73 Å². The van der Waals surface area contributed by atoms with Crippen molar-refractivity contribution in [1.29, 1.82) is 0 Å². The van der Waals surface area contributed by atoms with Crippen LogP contribution in [0.5, 0.6) is 11.8 Å². The van der Waals surface area contributed by atoms with E-state index in [-0.39, 0.29) is 42.2 Å². The highest BCUT2D eigenvalue weighted by Crippen LogP contribution is 2.41. The summed E-state index contributed by atoms with van der Waals surface area (Å²) in [6.07, 6.45) is 2.54. The van der Waals surface area contributed by atoms with E-state index in [1.807, 2.05) is 29.2 Å². The summed E-state index contributed by atoms with van der Waals surface area (Å²) in [4.78, 5) is 17.6. The van der Waals surface area contributed by atoms with Crippen molar-refractivity contribution in [1.82, 2.24) is 19.9 Å². The second-order valence-corrected chi connectivity index (χ2v) is 11.6. The summed E-state index contributed by atoms with van der Waals surface area (Å²) in [7, 11) is 0. The molecule has 0 spiro atoms. The van der Waals surface area contributed by atoms with E-state index in [4.69, 9.17) is 10.5 Å². The Labute approximate surface area is 235 Å². The zero-order valence-corrected chi connectivity index (χ0v) is 22.5. The molecule has 4 N–H and O–H groups in total. The summed E-state index contributed by atoms with van der Waals surface area (Å²) < 4.78 is 37.0. The fourth-order valence-corrected chi connectivity index (χ4v) is 6.94. The summed E-state index contributed by atoms with van der Waals surface area (Å²) in [5.74, 6) is -0.320. The van der Waals surface area contributed by atoms with E-state index in [2.05, 4.69) is 19.9 Å². The van der Waals surface area contributed by atoms with Crippen LogP contribution in [0.25, 0.3) is 32.9 Å². The van der Waals surface area contributed by atoms with Crippen LogP contribution in [0.4, 0.5) is 14.6 Å². The lowest BCUT2D eigenvalue weighted by atomic mass is 9.95. The number of piperidine rings is 1. The number of aromatic hydroxyl groups is 1. The standard InChI is InChI=1S/C30H32F2N6O3/c31-18-11-30(6-3-7-38(30)13-18)16-41-29-35-27-24(28(36-29)37-14-19(33)9-21(40)15-37)12-34-26(25(27)32)23-10-20(39)8-17-4-1-2-5-22(17)23/h1-2,4-5,8,10,12,18-19,21,39-40H,3,6-7,9,11,13-16,33H2/t18-,19+,21+,30+/m1/s1. The molecule has 0 bridgehead atoms. The van der Waals surface area contributed by atoms with E-state index in [9.17, 15) is 14.6 Å². The summed E-state index contributed by atoms with van der Waals surface area (Å²) in [5.41, 5.74) is 6.26. The zero-order chi connectivity index (χ0) is 28.3. The summed E-state index contributed by atoms with van der Waals surface area (Å²) in [6, 6.07) is 10.2. The van der Waals surface area contributed by atoms with Crippen LogP contribution in [-0.4, -0.2) is 86.7 Å². The molecule has 3 aliphatic heterocycles. The summed E-state index contributed by atoms with van der Waals surface area (Å²) >= 11 is 0. The van der Waals surface area contributed by atoms with E-state index in [1.165, 1.54) is 12.3 Å². The van der Waals surface area contributed by atoms with Gasteiger partial charge in [-0.2, -0.15) is 9.97 Å². The largest absolute Gasteiger partial charge is 0.508 e. The first-order valence-electron chi connectivity index (χ1n) is 14.1. The van der Waals surface area contributed by atoms with Crippen molar-refractivity contribution in [2.75, 3.05) is 37.7 Å². The number of nitrogens with zero attached hydrogens (tertiary/aromatic N) is 5. The minimum absolute atomic E-state index is 0.00614. The van der Waals surface area contributed by atoms with Crippen molar-refractivity contribution in [3.05, 3.63) is 48.4 Å². The lowest BCUT2D eigenvalue weighted by Crippen LogP contribution is -2.49. The molecule has 0 unspecified atom stereocenters. The fraction of sp³-hybridized carbons (Fsp3) is 0.433. The maximum absolute atomic E-state index is 16.5. The average molecular weight is 563 g/mol. The molecule has 2 aromatic heterocycles. The van der Waals surface area contributed by atoms with Crippen LogP contribution in [0.3, 0.4) is 0 Å². The first-order chi connectivity index (χ1) is 19.8. The lowest BCUT2D eigenvalue weighted by molar-refractivity contribution is 0.107. The smallest absolute Gasteiger partial charge is 0.319 e. The number of fused-ring (bicyclic) bond motifs is 3. The number of rotatable bonds is 5. The van der Waals surface area contributed by atoms with Gasteiger partial charge < -0.3 is 25.6 Å². The van der Waals surface area contributed by atoms with Crippen LogP contribution in [-0.2, 0) is 0 Å². The molecule has 7 rings (SSSR count). The van der Waals surface area contributed by atoms with Crippen molar-refractivity contribution in [3.8, 4) is 23.0 Å². The fourth-order valence-electron chi connectivity index (χ4n) is 6.94. The highest BCUT2D eigenvalue weighted by molar-refractivity contribution is 5.99. The number of benzene rings is 2. The highest BCUT2D eigenvalue weighted by Gasteiger charge is 2.49. The van der Waals surface area contributed by atoms with Gasteiger partial charge in [0, 0.05) is 43.9 Å². The Hall–Kier alpha value is -3.67. The molecule has 4 atom stereocenters. The van der Waals surface area contributed by atoms with Crippen molar-refractivity contribution < 1.29 is 23.7 Å². The number of aliphatic hydroxyl groups excluding tert-OH is 1. The third-order valence-corrected chi connectivity index (χ3v) is 8.74. The second-order valence-electron chi connectivity index (χ2n) is 11.6. The third-order valence-electron chi connectivity index (χ3n) is 8.74. The molecule has 0 radical (unpaired) electrons. The van der Waals surface area contributed by atoms with Crippen LogP contribution >= 0.6 is 0 Å². The minimum atomic E-state index is -0.911. The number of β-amino-alcohol motifs (C(OH)–C–C–N with tert-alkyl or cyclic N) is 1. The molecule has 9 nitrogen and oxygen atoms in total. The van der Waals surface area contributed by atoms with Crippen LogP contribution in [0.1, 0.15) is 25.7 Å². The molecule has 4 aromatic rings. The van der Waals surface area contributed by atoms with E-state index < -0.39 is 23.6 Å². The Morgan fingerprint density at radius 1 is 1.12 bits per heavy atom. The van der Waals surface area contributed by atoms with E-state index in [0.717, 1.165) is 30.2 Å². The first-order valence-corrected chi connectivity index (χ1v) is 14.1.